The Hall–Kier alpha value is -1.12. The van der Waals surface area contributed by atoms with Crippen LogP contribution in [0.1, 0.15) is 80.9 Å². The number of hydrogen-bond donors (Lipinski definition) is 2. The molecule has 1 aliphatic rings. The van der Waals surface area contributed by atoms with E-state index < -0.39 is 0 Å². The molecule has 0 saturated carbocycles. The standard InChI is InChI=1S/C23H37NO/c1-2-3-4-5-6-9-19-11-12-21-17-22(14-13-20(21)16-19)23(18-24)10-7-8-15-25/h2-3,13-14,17,19,23,25H,4-12,15-16,18,24H2,1H3/b3-2+/t19-,23-/m0/s1. The second-order valence-electron chi connectivity index (χ2n) is 7.64. The minimum atomic E-state index is 0.289. The van der Waals surface area contributed by atoms with E-state index in [1.165, 1.54) is 50.5 Å². The van der Waals surface area contributed by atoms with Gasteiger partial charge in [-0.15, -0.1) is 0 Å². The van der Waals surface area contributed by atoms with Crippen LogP contribution < -0.4 is 5.73 Å². The molecule has 0 radical (unpaired) electrons. The van der Waals surface area contributed by atoms with Crippen molar-refractivity contribution < 1.29 is 5.11 Å². The second kappa shape index (κ2) is 11.5. The molecule has 0 saturated heterocycles. The third-order valence-corrected chi connectivity index (χ3v) is 5.75. The summed E-state index contributed by atoms with van der Waals surface area (Å²) in [6.07, 6.45) is 16.6. The van der Waals surface area contributed by atoms with Crippen LogP contribution in [0.2, 0.25) is 0 Å². The minimum absolute atomic E-state index is 0.289. The van der Waals surface area contributed by atoms with Gasteiger partial charge in [-0.3, -0.25) is 0 Å². The molecular formula is C23H37NO. The molecule has 0 fully saturated rings. The average molecular weight is 344 g/mol. The maximum atomic E-state index is 8.97. The molecule has 1 aromatic carbocycles. The molecular weight excluding hydrogens is 306 g/mol. The normalized spacial score (nSPS) is 18.4. The van der Waals surface area contributed by atoms with Crippen molar-refractivity contribution in [3.8, 4) is 0 Å². The highest BCUT2D eigenvalue weighted by Gasteiger charge is 2.20. The van der Waals surface area contributed by atoms with Crippen molar-refractivity contribution >= 4 is 0 Å². The first-order valence-corrected chi connectivity index (χ1v) is 10.3. The fourth-order valence-corrected chi connectivity index (χ4v) is 4.14. The second-order valence-corrected chi connectivity index (χ2v) is 7.64. The zero-order valence-corrected chi connectivity index (χ0v) is 16.1. The summed E-state index contributed by atoms with van der Waals surface area (Å²) in [6, 6.07) is 7.10. The van der Waals surface area contributed by atoms with Gasteiger partial charge in [0.05, 0.1) is 0 Å². The summed E-state index contributed by atoms with van der Waals surface area (Å²) in [5, 5.41) is 8.97. The predicted octanol–water partition coefficient (Wildman–Crippen LogP) is 5.13. The number of rotatable bonds is 11. The summed E-state index contributed by atoms with van der Waals surface area (Å²) in [5.74, 6) is 1.32. The summed E-state index contributed by atoms with van der Waals surface area (Å²) in [7, 11) is 0. The molecule has 0 amide bonds. The summed E-state index contributed by atoms with van der Waals surface area (Å²) in [5.41, 5.74) is 10.5. The highest BCUT2D eigenvalue weighted by Crippen LogP contribution is 2.32. The third kappa shape index (κ3) is 6.60. The van der Waals surface area contributed by atoms with Gasteiger partial charge in [-0.1, -0.05) is 49.6 Å². The molecule has 2 atom stereocenters. The molecule has 2 rings (SSSR count). The topological polar surface area (TPSA) is 46.2 Å². The van der Waals surface area contributed by atoms with Crippen LogP contribution in [0, 0.1) is 5.92 Å². The van der Waals surface area contributed by atoms with E-state index in [1.807, 2.05) is 0 Å². The average Bonchev–Trinajstić information content (AvgIpc) is 2.65. The fourth-order valence-electron chi connectivity index (χ4n) is 4.14. The molecule has 2 nitrogen and oxygen atoms in total. The highest BCUT2D eigenvalue weighted by molar-refractivity contribution is 5.36. The van der Waals surface area contributed by atoms with Crippen molar-refractivity contribution in [2.45, 2.75) is 77.0 Å². The van der Waals surface area contributed by atoms with E-state index in [1.54, 1.807) is 11.1 Å². The Kier molecular flexibility index (Phi) is 9.28. The summed E-state index contributed by atoms with van der Waals surface area (Å²) < 4.78 is 0. The number of fused-ring (bicyclic) bond motifs is 1. The molecule has 0 spiro atoms. The van der Waals surface area contributed by atoms with Crippen LogP contribution in [0.4, 0.5) is 0 Å². The summed E-state index contributed by atoms with van der Waals surface area (Å²) in [4.78, 5) is 0. The Morgan fingerprint density at radius 1 is 1.20 bits per heavy atom. The van der Waals surface area contributed by atoms with Gasteiger partial charge in [0.2, 0.25) is 0 Å². The van der Waals surface area contributed by atoms with Gasteiger partial charge in [0, 0.05) is 6.61 Å². The predicted molar refractivity (Wildman–Crippen MR) is 108 cm³/mol. The quantitative estimate of drug-likeness (QED) is 0.432. The molecule has 1 aliphatic carbocycles. The number of nitrogens with two attached hydrogens (primary N) is 1. The zero-order valence-electron chi connectivity index (χ0n) is 16.1. The lowest BCUT2D eigenvalue weighted by Crippen LogP contribution is -2.17. The zero-order chi connectivity index (χ0) is 17.9. The number of allylic oxidation sites excluding steroid dienone is 2. The van der Waals surface area contributed by atoms with Gasteiger partial charge in [-0.05, 0) is 86.9 Å². The fraction of sp³-hybridized carbons (Fsp3) is 0.652. The first kappa shape index (κ1) is 20.2. The van der Waals surface area contributed by atoms with E-state index in [4.69, 9.17) is 10.8 Å². The highest BCUT2D eigenvalue weighted by atomic mass is 16.2. The number of hydrogen-bond acceptors (Lipinski definition) is 2. The van der Waals surface area contributed by atoms with Crippen LogP contribution in [0.15, 0.2) is 30.4 Å². The van der Waals surface area contributed by atoms with Crippen molar-refractivity contribution in [1.29, 1.82) is 0 Å². The van der Waals surface area contributed by atoms with Gasteiger partial charge < -0.3 is 10.8 Å². The molecule has 1 aromatic rings. The van der Waals surface area contributed by atoms with E-state index in [0.29, 0.717) is 12.5 Å². The Bertz CT molecular complexity index is 523. The molecule has 3 N–H and O–H groups in total. The van der Waals surface area contributed by atoms with E-state index in [9.17, 15) is 0 Å². The van der Waals surface area contributed by atoms with Gasteiger partial charge >= 0.3 is 0 Å². The van der Waals surface area contributed by atoms with E-state index in [-0.39, 0.29) is 6.61 Å². The van der Waals surface area contributed by atoms with Crippen molar-refractivity contribution in [1.82, 2.24) is 0 Å². The Morgan fingerprint density at radius 3 is 2.84 bits per heavy atom. The van der Waals surface area contributed by atoms with Crippen molar-refractivity contribution in [2.75, 3.05) is 13.2 Å². The minimum Gasteiger partial charge on any atom is -0.396 e. The van der Waals surface area contributed by atoms with E-state index in [2.05, 4.69) is 37.3 Å². The molecule has 0 bridgehead atoms. The van der Waals surface area contributed by atoms with Crippen molar-refractivity contribution in [3.05, 3.63) is 47.0 Å². The third-order valence-electron chi connectivity index (χ3n) is 5.75. The summed E-state index contributed by atoms with van der Waals surface area (Å²) in [6.45, 7) is 3.10. The van der Waals surface area contributed by atoms with Crippen LogP contribution >= 0.6 is 0 Å². The molecule has 0 aromatic heterocycles. The van der Waals surface area contributed by atoms with E-state index >= 15 is 0 Å². The first-order chi connectivity index (χ1) is 12.3. The lowest BCUT2D eigenvalue weighted by atomic mass is 9.79. The lowest BCUT2D eigenvalue weighted by molar-refractivity contribution is 0.281. The number of aryl methyl sites for hydroxylation is 1. The van der Waals surface area contributed by atoms with Gasteiger partial charge in [-0.25, -0.2) is 0 Å². The van der Waals surface area contributed by atoms with Gasteiger partial charge in [0.25, 0.3) is 0 Å². The molecule has 0 heterocycles. The van der Waals surface area contributed by atoms with Crippen LogP contribution in [0.25, 0.3) is 0 Å². The molecule has 25 heavy (non-hydrogen) atoms. The number of benzene rings is 1. The molecule has 0 unspecified atom stereocenters. The van der Waals surface area contributed by atoms with Gasteiger partial charge in [0.1, 0.15) is 0 Å². The maximum Gasteiger partial charge on any atom is 0.0431 e. The van der Waals surface area contributed by atoms with Crippen molar-refractivity contribution in [3.63, 3.8) is 0 Å². The maximum absolute atomic E-state index is 8.97. The van der Waals surface area contributed by atoms with Crippen LogP contribution in [0.3, 0.4) is 0 Å². The number of aliphatic hydroxyl groups excluding tert-OH is 1. The van der Waals surface area contributed by atoms with Gasteiger partial charge in [0.15, 0.2) is 0 Å². The summed E-state index contributed by atoms with van der Waals surface area (Å²) >= 11 is 0. The Morgan fingerprint density at radius 2 is 2.08 bits per heavy atom. The van der Waals surface area contributed by atoms with Crippen LogP contribution in [-0.2, 0) is 12.8 Å². The Labute approximate surface area is 154 Å². The monoisotopic (exact) mass is 343 g/mol. The SMILES string of the molecule is C/C=C/CCCC[C@H]1CCc2cc([C@H](CN)CCCCO)ccc2C1. The van der Waals surface area contributed by atoms with Gasteiger partial charge in [-0.2, -0.15) is 0 Å². The number of aliphatic hydroxyl groups is 1. The lowest BCUT2D eigenvalue weighted by Gasteiger charge is -2.26. The van der Waals surface area contributed by atoms with Crippen LogP contribution in [-0.4, -0.2) is 18.3 Å². The van der Waals surface area contributed by atoms with Crippen LogP contribution in [0.5, 0.6) is 0 Å². The number of unbranched alkanes of at least 4 members (excludes halogenated alkanes) is 3. The van der Waals surface area contributed by atoms with E-state index in [0.717, 1.165) is 25.2 Å². The largest absolute Gasteiger partial charge is 0.396 e. The molecule has 140 valence electrons. The molecule has 2 heteroatoms. The smallest absolute Gasteiger partial charge is 0.0431 e. The Balaban J connectivity index is 1.87. The molecule has 0 aliphatic heterocycles. The first-order valence-electron chi connectivity index (χ1n) is 10.3. The van der Waals surface area contributed by atoms with Crippen molar-refractivity contribution in [2.24, 2.45) is 11.7 Å².